The van der Waals surface area contributed by atoms with E-state index in [9.17, 15) is 0 Å². The van der Waals surface area contributed by atoms with E-state index in [2.05, 4.69) is 79.8 Å². The van der Waals surface area contributed by atoms with E-state index >= 15 is 0 Å². The van der Waals surface area contributed by atoms with Gasteiger partial charge in [-0.1, -0.05) is 6.07 Å². The molecule has 0 saturated carbocycles. The standard InChI is InChI=1S/C23H31N3S/c1-8-26(7)15-25-22-13-18(4)21(12-19(22)5)23(24-6)14-27-20-10-9-16(2)17(3)11-20/h9-13,15H,8,14H2,1-7H3/b24-23+,25-15-. The molecule has 2 rings (SSSR count). The van der Waals surface area contributed by atoms with Gasteiger partial charge in [-0.2, -0.15) is 0 Å². The quantitative estimate of drug-likeness (QED) is 0.347. The van der Waals surface area contributed by atoms with Gasteiger partial charge in [0.25, 0.3) is 0 Å². The van der Waals surface area contributed by atoms with Crippen LogP contribution in [0, 0.1) is 27.7 Å². The van der Waals surface area contributed by atoms with Crippen molar-refractivity contribution >= 4 is 29.5 Å². The van der Waals surface area contributed by atoms with Crippen LogP contribution in [0.3, 0.4) is 0 Å². The van der Waals surface area contributed by atoms with Gasteiger partial charge >= 0.3 is 0 Å². The van der Waals surface area contributed by atoms with Gasteiger partial charge in [-0.25, -0.2) is 4.99 Å². The topological polar surface area (TPSA) is 28.0 Å². The normalized spacial score (nSPS) is 12.0. The molecule has 0 aliphatic heterocycles. The lowest BCUT2D eigenvalue weighted by Gasteiger charge is -2.14. The summed E-state index contributed by atoms with van der Waals surface area (Å²) in [5.74, 6) is 0.862. The van der Waals surface area contributed by atoms with Crippen molar-refractivity contribution in [2.45, 2.75) is 39.5 Å². The molecule has 3 nitrogen and oxygen atoms in total. The highest BCUT2D eigenvalue weighted by Crippen LogP contribution is 2.27. The Bertz CT molecular complexity index is 853. The van der Waals surface area contributed by atoms with Crippen LogP contribution < -0.4 is 0 Å². The number of nitrogens with zero attached hydrogens (tertiary/aromatic N) is 3. The van der Waals surface area contributed by atoms with Gasteiger partial charge in [-0.05, 0) is 86.7 Å². The summed E-state index contributed by atoms with van der Waals surface area (Å²) < 4.78 is 0. The third-order valence-electron chi connectivity index (χ3n) is 4.87. The SMILES string of the molecule is CCN(C)/C=N\c1cc(C)c(/C(CSc2ccc(C)c(C)c2)=N/C)cc1C. The van der Waals surface area contributed by atoms with Crippen molar-refractivity contribution in [2.24, 2.45) is 9.98 Å². The molecule has 2 aromatic rings. The molecule has 0 aliphatic carbocycles. The largest absolute Gasteiger partial charge is 0.366 e. The first-order valence-electron chi connectivity index (χ1n) is 9.37. The van der Waals surface area contributed by atoms with Crippen LogP contribution in [0.5, 0.6) is 0 Å². The van der Waals surface area contributed by atoms with E-state index in [1.54, 1.807) is 0 Å². The lowest BCUT2D eigenvalue weighted by Crippen LogP contribution is -2.14. The molecule has 0 unspecified atom stereocenters. The van der Waals surface area contributed by atoms with Gasteiger partial charge in [-0.15, -0.1) is 11.8 Å². The van der Waals surface area contributed by atoms with Crippen molar-refractivity contribution in [1.29, 1.82) is 0 Å². The molecule has 144 valence electrons. The molecule has 0 aliphatic rings. The van der Waals surface area contributed by atoms with Gasteiger partial charge in [-0.3, -0.25) is 4.99 Å². The minimum atomic E-state index is 0.862. The highest BCUT2D eigenvalue weighted by molar-refractivity contribution is 8.00. The second-order valence-corrected chi connectivity index (χ2v) is 8.03. The third kappa shape index (κ3) is 5.70. The van der Waals surface area contributed by atoms with Crippen LogP contribution >= 0.6 is 11.8 Å². The van der Waals surface area contributed by atoms with Gasteiger partial charge in [0.05, 0.1) is 17.7 Å². The van der Waals surface area contributed by atoms with Crippen LogP contribution in [0.2, 0.25) is 0 Å². The van der Waals surface area contributed by atoms with Crippen molar-refractivity contribution in [3.05, 3.63) is 58.1 Å². The third-order valence-corrected chi connectivity index (χ3v) is 5.88. The van der Waals surface area contributed by atoms with Crippen molar-refractivity contribution in [3.8, 4) is 0 Å². The zero-order chi connectivity index (χ0) is 20.0. The summed E-state index contributed by atoms with van der Waals surface area (Å²) in [6, 6.07) is 11.0. The zero-order valence-corrected chi connectivity index (χ0v) is 18.4. The molecule has 2 aromatic carbocycles. The molecule has 0 heterocycles. The van der Waals surface area contributed by atoms with Crippen LogP contribution in [0.15, 0.2) is 45.2 Å². The van der Waals surface area contributed by atoms with Crippen LogP contribution in [0.25, 0.3) is 0 Å². The van der Waals surface area contributed by atoms with Crippen LogP contribution in [-0.4, -0.2) is 43.3 Å². The van der Waals surface area contributed by atoms with E-state index in [1.165, 1.54) is 32.7 Å². The van der Waals surface area contributed by atoms with E-state index in [4.69, 9.17) is 0 Å². The van der Waals surface area contributed by atoms with E-state index in [0.29, 0.717) is 0 Å². The van der Waals surface area contributed by atoms with Crippen molar-refractivity contribution in [2.75, 3.05) is 26.4 Å². The number of thioether (sulfide) groups is 1. The summed E-state index contributed by atoms with van der Waals surface area (Å²) in [4.78, 5) is 12.6. The second kappa shape index (κ2) is 9.75. The Kier molecular flexibility index (Phi) is 7.66. The first kappa shape index (κ1) is 21.2. The zero-order valence-electron chi connectivity index (χ0n) is 17.6. The Morgan fingerprint density at radius 3 is 2.37 bits per heavy atom. The molecule has 0 saturated heterocycles. The number of benzene rings is 2. The first-order valence-corrected chi connectivity index (χ1v) is 10.4. The second-order valence-electron chi connectivity index (χ2n) is 6.98. The van der Waals surface area contributed by atoms with Gasteiger partial charge in [0, 0.05) is 31.3 Å². The number of hydrogen-bond acceptors (Lipinski definition) is 3. The molecule has 0 bridgehead atoms. The smallest absolute Gasteiger partial charge is 0.0909 e. The summed E-state index contributed by atoms with van der Waals surface area (Å²) in [7, 11) is 3.92. The maximum Gasteiger partial charge on any atom is 0.0909 e. The molecule has 0 aromatic heterocycles. The monoisotopic (exact) mass is 381 g/mol. The minimum absolute atomic E-state index is 0.862. The predicted molar refractivity (Wildman–Crippen MR) is 121 cm³/mol. The highest BCUT2D eigenvalue weighted by atomic mass is 32.2. The first-order chi connectivity index (χ1) is 12.8. The lowest BCUT2D eigenvalue weighted by atomic mass is 10.0. The Labute approximate surface area is 168 Å². The van der Waals surface area contributed by atoms with Crippen molar-refractivity contribution in [1.82, 2.24) is 4.90 Å². The van der Waals surface area contributed by atoms with Gasteiger partial charge < -0.3 is 4.90 Å². The Morgan fingerprint density at radius 1 is 1.00 bits per heavy atom. The molecular formula is C23H31N3S. The molecule has 27 heavy (non-hydrogen) atoms. The van der Waals surface area contributed by atoms with Crippen LogP contribution in [0.4, 0.5) is 5.69 Å². The Morgan fingerprint density at radius 2 is 1.74 bits per heavy atom. The Hall–Kier alpha value is -2.07. The molecular weight excluding hydrogens is 350 g/mol. The summed E-state index contributed by atoms with van der Waals surface area (Å²) in [5.41, 5.74) is 8.42. The van der Waals surface area contributed by atoms with E-state index in [0.717, 1.165) is 23.7 Å². The maximum atomic E-state index is 4.63. The van der Waals surface area contributed by atoms with Crippen molar-refractivity contribution in [3.63, 3.8) is 0 Å². The number of aryl methyl sites for hydroxylation is 4. The summed E-state index contributed by atoms with van der Waals surface area (Å²) in [6.07, 6.45) is 1.89. The predicted octanol–water partition coefficient (Wildman–Crippen LogP) is 5.74. The highest BCUT2D eigenvalue weighted by Gasteiger charge is 2.11. The van der Waals surface area contributed by atoms with E-state index in [-0.39, 0.29) is 0 Å². The van der Waals surface area contributed by atoms with Gasteiger partial charge in [0.2, 0.25) is 0 Å². The summed E-state index contributed by atoms with van der Waals surface area (Å²) in [5, 5.41) is 0. The number of rotatable bonds is 7. The summed E-state index contributed by atoms with van der Waals surface area (Å²) in [6.45, 7) is 11.6. The molecule has 0 amide bonds. The van der Waals surface area contributed by atoms with Crippen LogP contribution in [0.1, 0.15) is 34.7 Å². The maximum absolute atomic E-state index is 4.63. The molecule has 0 N–H and O–H groups in total. The average Bonchev–Trinajstić information content (AvgIpc) is 2.65. The molecule has 4 heteroatoms. The number of aliphatic imine (C=N–C) groups is 2. The lowest BCUT2D eigenvalue weighted by molar-refractivity contribution is 0.552. The van der Waals surface area contributed by atoms with Crippen LogP contribution in [-0.2, 0) is 0 Å². The molecule has 0 atom stereocenters. The minimum Gasteiger partial charge on any atom is -0.366 e. The van der Waals surface area contributed by atoms with Gasteiger partial charge in [0.1, 0.15) is 0 Å². The number of hydrogen-bond donors (Lipinski definition) is 0. The van der Waals surface area contributed by atoms with E-state index in [1.807, 2.05) is 32.2 Å². The fourth-order valence-corrected chi connectivity index (χ4v) is 3.72. The molecule has 0 fully saturated rings. The Balaban J connectivity index is 2.20. The fraction of sp³-hybridized carbons (Fsp3) is 0.391. The summed E-state index contributed by atoms with van der Waals surface area (Å²) >= 11 is 1.84. The van der Waals surface area contributed by atoms with Gasteiger partial charge in [0.15, 0.2) is 0 Å². The van der Waals surface area contributed by atoms with E-state index < -0.39 is 0 Å². The average molecular weight is 382 g/mol. The molecule has 0 radical (unpaired) electrons. The fourth-order valence-electron chi connectivity index (χ4n) is 2.71. The van der Waals surface area contributed by atoms with Crippen molar-refractivity contribution < 1.29 is 0 Å². The molecule has 0 spiro atoms.